The van der Waals surface area contributed by atoms with E-state index in [0.29, 0.717) is 17.3 Å². The molecule has 0 aromatic heterocycles. The zero-order valence-electron chi connectivity index (χ0n) is 12.9. The van der Waals surface area contributed by atoms with Gasteiger partial charge in [0.05, 0.1) is 13.0 Å². The molecule has 0 aliphatic carbocycles. The Balaban J connectivity index is 2.13. The first-order chi connectivity index (χ1) is 11.0. The van der Waals surface area contributed by atoms with Gasteiger partial charge in [-0.25, -0.2) is 0 Å². The number of amides is 1. The SMILES string of the molecule is COc1ccc(Cl)cc1[C@@H]1C(=O)N(C)C[C@@H]1c1ccccc1Br. The number of carbonyl (C=O) groups excluding carboxylic acids is 1. The van der Waals surface area contributed by atoms with E-state index in [1.165, 1.54) is 0 Å². The quantitative estimate of drug-likeness (QED) is 0.770. The van der Waals surface area contributed by atoms with E-state index in [4.69, 9.17) is 16.3 Å². The molecule has 3 nitrogen and oxygen atoms in total. The van der Waals surface area contributed by atoms with Crippen LogP contribution in [0.25, 0.3) is 0 Å². The van der Waals surface area contributed by atoms with Crippen LogP contribution in [0.1, 0.15) is 23.0 Å². The first kappa shape index (κ1) is 16.3. The second kappa shape index (κ2) is 6.54. The van der Waals surface area contributed by atoms with Gasteiger partial charge in [0, 0.05) is 34.6 Å². The third-order valence-corrected chi connectivity index (χ3v) is 5.30. The number of nitrogens with zero attached hydrogens (tertiary/aromatic N) is 1. The number of benzene rings is 2. The third kappa shape index (κ3) is 2.98. The highest BCUT2D eigenvalue weighted by atomic mass is 79.9. The maximum absolute atomic E-state index is 12.8. The smallest absolute Gasteiger partial charge is 0.230 e. The van der Waals surface area contributed by atoms with Gasteiger partial charge in [0.25, 0.3) is 0 Å². The van der Waals surface area contributed by atoms with Gasteiger partial charge in [-0.05, 0) is 29.8 Å². The Hall–Kier alpha value is -1.52. The first-order valence-electron chi connectivity index (χ1n) is 7.35. The molecule has 1 amide bonds. The molecule has 1 aliphatic rings. The molecule has 0 unspecified atom stereocenters. The summed E-state index contributed by atoms with van der Waals surface area (Å²) in [6.07, 6.45) is 0. The molecule has 0 bridgehead atoms. The summed E-state index contributed by atoms with van der Waals surface area (Å²) in [4.78, 5) is 14.6. The Morgan fingerprint density at radius 3 is 2.65 bits per heavy atom. The molecule has 2 atom stereocenters. The molecule has 0 radical (unpaired) electrons. The number of halogens is 2. The minimum Gasteiger partial charge on any atom is -0.496 e. The lowest BCUT2D eigenvalue weighted by Crippen LogP contribution is -2.21. The summed E-state index contributed by atoms with van der Waals surface area (Å²) < 4.78 is 6.48. The van der Waals surface area contributed by atoms with Crippen molar-refractivity contribution in [2.24, 2.45) is 0 Å². The molecule has 1 heterocycles. The van der Waals surface area contributed by atoms with E-state index in [-0.39, 0.29) is 17.7 Å². The van der Waals surface area contributed by atoms with Crippen LogP contribution in [0.2, 0.25) is 5.02 Å². The average molecular weight is 395 g/mol. The van der Waals surface area contributed by atoms with Crippen molar-refractivity contribution in [2.75, 3.05) is 20.7 Å². The summed E-state index contributed by atoms with van der Waals surface area (Å²) >= 11 is 9.78. The maximum Gasteiger partial charge on any atom is 0.230 e. The van der Waals surface area contributed by atoms with E-state index < -0.39 is 0 Å². The van der Waals surface area contributed by atoms with Gasteiger partial charge in [-0.15, -0.1) is 0 Å². The lowest BCUT2D eigenvalue weighted by atomic mass is 9.83. The number of methoxy groups -OCH3 is 1. The van der Waals surface area contributed by atoms with Crippen LogP contribution >= 0.6 is 27.5 Å². The molecule has 2 aromatic carbocycles. The Bertz CT molecular complexity index is 750. The number of carbonyl (C=O) groups is 1. The predicted octanol–water partition coefficient (Wildman–Crippen LogP) is 4.45. The molecule has 1 saturated heterocycles. The van der Waals surface area contributed by atoms with Crippen molar-refractivity contribution < 1.29 is 9.53 Å². The largest absolute Gasteiger partial charge is 0.496 e. The summed E-state index contributed by atoms with van der Waals surface area (Å²) in [5.74, 6) is 0.536. The van der Waals surface area contributed by atoms with Gasteiger partial charge in [0.15, 0.2) is 0 Å². The molecule has 5 heteroatoms. The summed E-state index contributed by atoms with van der Waals surface area (Å²) in [5.41, 5.74) is 1.97. The number of hydrogen-bond donors (Lipinski definition) is 0. The number of ether oxygens (including phenoxy) is 1. The normalized spacial score (nSPS) is 20.9. The van der Waals surface area contributed by atoms with Crippen LogP contribution in [0.15, 0.2) is 46.9 Å². The van der Waals surface area contributed by atoms with Gasteiger partial charge in [-0.3, -0.25) is 4.79 Å². The van der Waals surface area contributed by atoms with Crippen molar-refractivity contribution in [2.45, 2.75) is 11.8 Å². The van der Waals surface area contributed by atoms with E-state index in [2.05, 4.69) is 22.0 Å². The number of likely N-dealkylation sites (N-methyl/N-ethyl adjacent to an activating group) is 1. The zero-order chi connectivity index (χ0) is 16.6. The summed E-state index contributed by atoms with van der Waals surface area (Å²) in [6, 6.07) is 13.5. The van der Waals surface area contributed by atoms with E-state index >= 15 is 0 Å². The third-order valence-electron chi connectivity index (χ3n) is 4.35. The van der Waals surface area contributed by atoms with Crippen LogP contribution in [0.3, 0.4) is 0 Å². The van der Waals surface area contributed by atoms with Crippen LogP contribution in [0.5, 0.6) is 5.75 Å². The van der Waals surface area contributed by atoms with Gasteiger partial charge >= 0.3 is 0 Å². The van der Waals surface area contributed by atoms with Crippen LogP contribution < -0.4 is 4.74 Å². The fraction of sp³-hybridized carbons (Fsp3) is 0.278. The topological polar surface area (TPSA) is 29.5 Å². The Morgan fingerprint density at radius 2 is 1.96 bits per heavy atom. The number of hydrogen-bond acceptors (Lipinski definition) is 2. The fourth-order valence-corrected chi connectivity index (χ4v) is 4.01. The molecular weight excluding hydrogens is 378 g/mol. The molecule has 1 aliphatic heterocycles. The molecule has 3 rings (SSSR count). The monoisotopic (exact) mass is 393 g/mol. The van der Waals surface area contributed by atoms with Crippen LogP contribution in [-0.2, 0) is 4.79 Å². The van der Waals surface area contributed by atoms with Gasteiger partial charge in [0.1, 0.15) is 5.75 Å². The molecule has 0 N–H and O–H groups in total. The van der Waals surface area contributed by atoms with Crippen molar-refractivity contribution in [1.29, 1.82) is 0 Å². The Morgan fingerprint density at radius 1 is 1.22 bits per heavy atom. The highest BCUT2D eigenvalue weighted by Gasteiger charge is 2.42. The average Bonchev–Trinajstić information content (AvgIpc) is 2.83. The van der Waals surface area contributed by atoms with Gasteiger partial charge in [0.2, 0.25) is 5.91 Å². The van der Waals surface area contributed by atoms with Crippen LogP contribution in [0.4, 0.5) is 0 Å². The van der Waals surface area contributed by atoms with Gasteiger partial charge < -0.3 is 9.64 Å². The summed E-state index contributed by atoms with van der Waals surface area (Å²) in [7, 11) is 3.45. The Kier molecular flexibility index (Phi) is 4.64. The highest BCUT2D eigenvalue weighted by Crippen LogP contribution is 2.45. The van der Waals surface area contributed by atoms with E-state index in [1.54, 1.807) is 18.1 Å². The van der Waals surface area contributed by atoms with Crippen molar-refractivity contribution >= 4 is 33.4 Å². The number of likely N-dealkylation sites (tertiary alicyclic amines) is 1. The van der Waals surface area contributed by atoms with Crippen molar-refractivity contribution in [3.05, 3.63) is 63.1 Å². The highest BCUT2D eigenvalue weighted by molar-refractivity contribution is 9.10. The second-order valence-electron chi connectivity index (χ2n) is 5.71. The molecule has 120 valence electrons. The van der Waals surface area contributed by atoms with Crippen LogP contribution in [0, 0.1) is 0 Å². The second-order valence-corrected chi connectivity index (χ2v) is 7.00. The predicted molar refractivity (Wildman–Crippen MR) is 95.3 cm³/mol. The lowest BCUT2D eigenvalue weighted by molar-refractivity contribution is -0.127. The summed E-state index contributed by atoms with van der Waals surface area (Å²) in [5, 5.41) is 0.606. The molecular formula is C18H17BrClNO2. The lowest BCUT2D eigenvalue weighted by Gasteiger charge is -2.21. The van der Waals surface area contributed by atoms with E-state index in [1.807, 2.05) is 37.4 Å². The molecule has 23 heavy (non-hydrogen) atoms. The minimum absolute atomic E-state index is 0.0513. The standard InChI is InChI=1S/C18H17BrClNO2/c1-21-10-14(12-5-3-4-6-15(12)19)17(18(21)22)13-9-11(20)7-8-16(13)23-2/h3-9,14,17H,10H2,1-2H3/t14-,17+/m1/s1. The number of rotatable bonds is 3. The molecule has 1 fully saturated rings. The summed E-state index contributed by atoms with van der Waals surface area (Å²) in [6.45, 7) is 0.668. The van der Waals surface area contributed by atoms with Crippen molar-refractivity contribution in [3.63, 3.8) is 0 Å². The van der Waals surface area contributed by atoms with Gasteiger partial charge in [-0.1, -0.05) is 45.7 Å². The van der Waals surface area contributed by atoms with Gasteiger partial charge in [-0.2, -0.15) is 0 Å². The van der Waals surface area contributed by atoms with E-state index in [0.717, 1.165) is 15.6 Å². The first-order valence-corrected chi connectivity index (χ1v) is 8.53. The van der Waals surface area contributed by atoms with E-state index in [9.17, 15) is 4.79 Å². The Labute approximate surface area is 149 Å². The molecule has 0 spiro atoms. The zero-order valence-corrected chi connectivity index (χ0v) is 15.3. The minimum atomic E-state index is -0.299. The maximum atomic E-state index is 12.8. The van der Waals surface area contributed by atoms with Crippen molar-refractivity contribution in [3.8, 4) is 5.75 Å². The fourth-order valence-electron chi connectivity index (χ4n) is 3.25. The molecule has 2 aromatic rings. The van der Waals surface area contributed by atoms with Crippen molar-refractivity contribution in [1.82, 2.24) is 4.90 Å². The molecule has 0 saturated carbocycles. The van der Waals surface area contributed by atoms with Crippen LogP contribution in [-0.4, -0.2) is 31.5 Å².